The molecule has 39 heavy (non-hydrogen) atoms. The summed E-state index contributed by atoms with van der Waals surface area (Å²) in [6, 6.07) is 7.59. The second kappa shape index (κ2) is 13.8. The van der Waals surface area contributed by atoms with E-state index in [0.717, 1.165) is 24.8 Å². The van der Waals surface area contributed by atoms with E-state index in [-0.39, 0.29) is 46.6 Å². The van der Waals surface area contributed by atoms with Crippen molar-refractivity contribution in [1.82, 2.24) is 0 Å². The largest absolute Gasteiger partial charge is 0.508 e. The van der Waals surface area contributed by atoms with Gasteiger partial charge in [-0.1, -0.05) is 92.0 Å². The quantitative estimate of drug-likeness (QED) is 0.140. The number of unbranched alkanes of at least 4 members (excludes halogenated alkanes) is 2. The van der Waals surface area contributed by atoms with Gasteiger partial charge in [0.1, 0.15) is 5.75 Å². The van der Waals surface area contributed by atoms with Crippen molar-refractivity contribution >= 4 is 16.6 Å². The van der Waals surface area contributed by atoms with Crippen LogP contribution in [0.25, 0.3) is 0 Å². The number of aliphatic hydroxyl groups is 1. The fourth-order valence-electron chi connectivity index (χ4n) is 5.23. The first-order chi connectivity index (χ1) is 17.9. The van der Waals surface area contributed by atoms with E-state index < -0.39 is 16.6 Å². The van der Waals surface area contributed by atoms with Crippen LogP contribution in [-0.2, 0) is 15.3 Å². The Hall–Kier alpha value is -0.926. The topological polar surface area (TPSA) is 58.9 Å². The highest BCUT2D eigenvalue weighted by Gasteiger charge is 2.47. The molecular weight excluding hydrogens is 517 g/mol. The fraction of sp³-hybridized carbons (Fsp3) is 0.758. The van der Waals surface area contributed by atoms with Crippen molar-refractivity contribution in [2.75, 3.05) is 6.61 Å². The van der Waals surface area contributed by atoms with Crippen LogP contribution in [0.5, 0.6) is 5.75 Å². The van der Waals surface area contributed by atoms with Gasteiger partial charge in [-0.3, -0.25) is 0 Å². The van der Waals surface area contributed by atoms with Gasteiger partial charge in [0.25, 0.3) is 0 Å². The standard InChI is InChI=1S/C33H60O4Si2/c1-12-13-14-18-28(36-38(8,9)32(2,3)4)19-20-29-30(22-25-16-15-17-27(35)21-25)26(24-34)23-31(29)37-39(10,11)33(5,6)7/h15-17,19-21,26,28-31,34-35H,12-14,18,22-24H2,1-11H3/b20-19+/t26-,28?,29-,30+,31-/m1/s1. The molecule has 1 aliphatic carbocycles. The lowest BCUT2D eigenvalue weighted by molar-refractivity contribution is 0.146. The lowest BCUT2D eigenvalue weighted by Crippen LogP contribution is -2.45. The summed E-state index contributed by atoms with van der Waals surface area (Å²) in [6.45, 7) is 25.6. The molecule has 0 aromatic heterocycles. The van der Waals surface area contributed by atoms with Crippen LogP contribution in [-0.4, -0.2) is 45.7 Å². The minimum atomic E-state index is -2.01. The SMILES string of the molecule is CCCCCC(/C=C/[C@@H]1[C@@H](Cc2cccc(O)c2)[C@@H](CO)C[C@H]1O[Si](C)(C)C(C)(C)C)O[Si](C)(C)C(C)(C)C. The molecule has 6 heteroatoms. The van der Waals surface area contributed by atoms with Crippen molar-refractivity contribution in [2.45, 2.75) is 135 Å². The number of hydrogen-bond donors (Lipinski definition) is 2. The highest BCUT2D eigenvalue weighted by Crippen LogP contribution is 2.46. The summed E-state index contributed by atoms with van der Waals surface area (Å²) >= 11 is 0. The van der Waals surface area contributed by atoms with Crippen LogP contribution in [0.15, 0.2) is 36.4 Å². The van der Waals surface area contributed by atoms with Gasteiger partial charge in [0.15, 0.2) is 16.6 Å². The molecule has 5 atom stereocenters. The van der Waals surface area contributed by atoms with Gasteiger partial charge in [-0.15, -0.1) is 0 Å². The van der Waals surface area contributed by atoms with E-state index in [1.807, 2.05) is 12.1 Å². The number of aliphatic hydroxyl groups excluding tert-OH is 1. The van der Waals surface area contributed by atoms with Gasteiger partial charge >= 0.3 is 0 Å². The zero-order chi connectivity index (χ0) is 29.6. The molecule has 1 aromatic rings. The van der Waals surface area contributed by atoms with Gasteiger partial charge < -0.3 is 19.1 Å². The molecule has 0 bridgehead atoms. The van der Waals surface area contributed by atoms with Crippen LogP contribution in [0, 0.1) is 17.8 Å². The lowest BCUT2D eigenvalue weighted by atomic mass is 9.83. The molecule has 0 amide bonds. The van der Waals surface area contributed by atoms with Crippen LogP contribution in [0.1, 0.15) is 86.1 Å². The van der Waals surface area contributed by atoms with Crippen molar-refractivity contribution < 1.29 is 19.1 Å². The zero-order valence-electron chi connectivity index (χ0n) is 27.0. The third kappa shape index (κ3) is 9.56. The van der Waals surface area contributed by atoms with Crippen LogP contribution in [0.3, 0.4) is 0 Å². The molecule has 0 aliphatic heterocycles. The number of phenolic OH excluding ortho intramolecular Hbond substituents is 1. The summed E-state index contributed by atoms with van der Waals surface area (Å²) in [6.07, 6.45) is 11.2. The van der Waals surface area contributed by atoms with E-state index in [2.05, 4.69) is 92.9 Å². The van der Waals surface area contributed by atoms with E-state index in [9.17, 15) is 10.2 Å². The Morgan fingerprint density at radius 3 is 2.18 bits per heavy atom. The molecular formula is C33H60O4Si2. The first kappa shape index (κ1) is 34.3. The molecule has 224 valence electrons. The van der Waals surface area contributed by atoms with Gasteiger partial charge in [-0.25, -0.2) is 0 Å². The number of benzene rings is 1. The average Bonchev–Trinajstić information content (AvgIpc) is 3.11. The molecule has 4 nitrogen and oxygen atoms in total. The molecule has 1 unspecified atom stereocenters. The first-order valence-corrected chi connectivity index (χ1v) is 21.2. The van der Waals surface area contributed by atoms with E-state index in [0.29, 0.717) is 5.75 Å². The Morgan fingerprint density at radius 2 is 1.64 bits per heavy atom. The summed E-state index contributed by atoms with van der Waals surface area (Å²) in [5, 5.41) is 20.9. The maximum atomic E-state index is 10.5. The smallest absolute Gasteiger partial charge is 0.192 e. The third-order valence-corrected chi connectivity index (χ3v) is 18.8. The number of phenols is 1. The van der Waals surface area contributed by atoms with Crippen LogP contribution >= 0.6 is 0 Å². The fourth-order valence-corrected chi connectivity index (χ4v) is 7.91. The number of rotatable bonds is 13. The lowest BCUT2D eigenvalue weighted by Gasteiger charge is -2.40. The molecule has 0 radical (unpaired) electrons. The van der Waals surface area contributed by atoms with Gasteiger partial charge in [0.05, 0.1) is 12.2 Å². The summed E-state index contributed by atoms with van der Waals surface area (Å²) in [7, 11) is -3.94. The molecule has 0 heterocycles. The van der Waals surface area contributed by atoms with Gasteiger partial charge in [0, 0.05) is 12.5 Å². The number of aromatic hydroxyl groups is 1. The Labute approximate surface area is 242 Å². The second-order valence-corrected chi connectivity index (χ2v) is 24.5. The highest BCUT2D eigenvalue weighted by molar-refractivity contribution is 6.74. The van der Waals surface area contributed by atoms with Gasteiger partial charge in [-0.2, -0.15) is 0 Å². The average molecular weight is 577 g/mol. The van der Waals surface area contributed by atoms with Crippen molar-refractivity contribution in [1.29, 1.82) is 0 Å². The molecule has 2 rings (SSSR count). The number of hydrogen-bond acceptors (Lipinski definition) is 4. The van der Waals surface area contributed by atoms with E-state index >= 15 is 0 Å². The minimum absolute atomic E-state index is 0.0748. The Balaban J connectivity index is 2.45. The predicted octanol–water partition coefficient (Wildman–Crippen LogP) is 9.10. The summed E-state index contributed by atoms with van der Waals surface area (Å²) < 4.78 is 14.0. The summed E-state index contributed by atoms with van der Waals surface area (Å²) in [5.74, 6) is 0.893. The Kier molecular flexibility index (Phi) is 12.2. The molecule has 1 saturated carbocycles. The summed E-state index contributed by atoms with van der Waals surface area (Å²) in [5.41, 5.74) is 1.11. The normalized spacial score (nSPS) is 24.0. The second-order valence-electron chi connectivity index (χ2n) is 15.0. The van der Waals surface area contributed by atoms with E-state index in [1.54, 1.807) is 6.07 Å². The molecule has 1 aromatic carbocycles. The van der Waals surface area contributed by atoms with Crippen LogP contribution < -0.4 is 0 Å². The summed E-state index contributed by atoms with van der Waals surface area (Å²) in [4.78, 5) is 0. The van der Waals surface area contributed by atoms with Crippen molar-refractivity contribution in [3.63, 3.8) is 0 Å². The molecule has 1 fully saturated rings. The van der Waals surface area contributed by atoms with Gasteiger partial charge in [0.2, 0.25) is 0 Å². The molecule has 0 saturated heterocycles. The van der Waals surface area contributed by atoms with Crippen molar-refractivity contribution in [3.05, 3.63) is 42.0 Å². The van der Waals surface area contributed by atoms with E-state index in [4.69, 9.17) is 8.85 Å². The predicted molar refractivity (Wildman–Crippen MR) is 171 cm³/mol. The highest BCUT2D eigenvalue weighted by atomic mass is 28.4. The first-order valence-electron chi connectivity index (χ1n) is 15.3. The molecule has 2 N–H and O–H groups in total. The van der Waals surface area contributed by atoms with Crippen molar-refractivity contribution in [3.8, 4) is 5.75 Å². The Morgan fingerprint density at radius 1 is 1.00 bits per heavy atom. The van der Waals surface area contributed by atoms with Crippen LogP contribution in [0.4, 0.5) is 0 Å². The third-order valence-electron chi connectivity index (χ3n) is 9.83. The maximum Gasteiger partial charge on any atom is 0.192 e. The monoisotopic (exact) mass is 576 g/mol. The zero-order valence-corrected chi connectivity index (χ0v) is 29.0. The van der Waals surface area contributed by atoms with Gasteiger partial charge in [-0.05, 0) is 85.1 Å². The van der Waals surface area contributed by atoms with Crippen molar-refractivity contribution in [2.24, 2.45) is 17.8 Å². The molecule has 1 aliphatic rings. The minimum Gasteiger partial charge on any atom is -0.508 e. The Bertz CT molecular complexity index is 913. The maximum absolute atomic E-state index is 10.5. The van der Waals surface area contributed by atoms with E-state index in [1.165, 1.54) is 19.3 Å². The molecule has 0 spiro atoms. The van der Waals surface area contributed by atoms with Crippen LogP contribution in [0.2, 0.25) is 36.3 Å².